The molecule has 0 spiro atoms. The molecule has 0 aromatic heterocycles. The van der Waals surface area contributed by atoms with Crippen LogP contribution < -0.4 is 0 Å². The summed E-state index contributed by atoms with van der Waals surface area (Å²) in [4.78, 5) is 2.27. The molecule has 0 atom stereocenters. The van der Waals surface area contributed by atoms with E-state index >= 15 is 0 Å². The van der Waals surface area contributed by atoms with Gasteiger partial charge in [-0.2, -0.15) is 0 Å². The zero-order valence-electron chi connectivity index (χ0n) is 1.84. The number of nitrogens with zero attached hydrogens (tertiary/aromatic N) is 3. The predicted octanol–water partition coefficient (Wildman–Crippen LogP) is 0.380. The average molecular weight is 70.1 g/mol. The maximum Gasteiger partial charge on any atom is 0.141 e. The third kappa shape index (κ3) is 1.53. The molecule has 0 amide bonds. The van der Waals surface area contributed by atoms with Crippen molar-refractivity contribution in [1.82, 2.24) is 0 Å². The summed E-state index contributed by atoms with van der Waals surface area (Å²) in [5.74, 6) is 0. The Hall–Kier alpha value is -0.473. The van der Waals surface area contributed by atoms with Gasteiger partial charge < -0.3 is 0 Å². The Balaban J connectivity index is 3.11. The van der Waals surface area contributed by atoms with Gasteiger partial charge in [0.15, 0.2) is 0 Å². The minimum absolute atomic E-state index is 2.27. The number of hydrogen-bond donors (Lipinski definition) is 0. The largest absolute Gasteiger partial charge is 0.141 e. The van der Waals surface area contributed by atoms with Gasteiger partial charge >= 0.3 is 0 Å². The minimum atomic E-state index is 2.27. The van der Waals surface area contributed by atoms with Crippen molar-refractivity contribution in [3.05, 3.63) is 10.4 Å². The van der Waals surface area contributed by atoms with E-state index in [0.717, 1.165) is 0 Å². The molecule has 19 valence electrons. The molecule has 0 aliphatic heterocycles. The maximum absolute atomic E-state index is 7.28. The van der Waals surface area contributed by atoms with Crippen LogP contribution in [0.5, 0.6) is 0 Å². The topological polar surface area (TPSA) is 48.8 Å². The molecule has 0 aromatic carbocycles. The van der Waals surface area contributed by atoms with Crippen molar-refractivity contribution in [1.29, 1.82) is 0 Å². The summed E-state index contributed by atoms with van der Waals surface area (Å²) in [6.07, 6.45) is 0. The van der Waals surface area contributed by atoms with Crippen LogP contribution in [0.25, 0.3) is 10.4 Å². The first-order chi connectivity index (χ1) is 1.91. The minimum Gasteiger partial charge on any atom is -0.133 e. The molecular formula is N3Si. The lowest BCUT2D eigenvalue weighted by atomic mass is 13.0. The van der Waals surface area contributed by atoms with Gasteiger partial charge in [0.25, 0.3) is 0 Å². The molecule has 0 aromatic rings. The zero-order chi connectivity index (χ0) is 3.41. The van der Waals surface area contributed by atoms with Gasteiger partial charge in [0.2, 0.25) is 0 Å². The van der Waals surface area contributed by atoms with Crippen LogP contribution in [0.4, 0.5) is 0 Å². The molecule has 0 unspecified atom stereocenters. The van der Waals surface area contributed by atoms with Crippen molar-refractivity contribution in [2.24, 2.45) is 4.78 Å². The molecule has 0 N–H and O–H groups in total. The van der Waals surface area contributed by atoms with E-state index in [1.807, 2.05) is 0 Å². The fraction of sp³-hybridized carbons (Fsp3) is 0. The number of azide groups is 1. The summed E-state index contributed by atoms with van der Waals surface area (Å²) in [6, 6.07) is 0. The second-order valence-corrected chi connectivity index (χ2v) is 0.389. The second kappa shape index (κ2) is 2.53. The van der Waals surface area contributed by atoms with Gasteiger partial charge in [-0.05, 0) is 10.4 Å². The van der Waals surface area contributed by atoms with Crippen molar-refractivity contribution in [3.63, 3.8) is 0 Å². The van der Waals surface area contributed by atoms with Crippen molar-refractivity contribution in [2.75, 3.05) is 0 Å². The summed E-state index contributed by atoms with van der Waals surface area (Å²) in [5, 5.41) is 0. The molecular weight excluding hydrogens is 70.1 g/mol. The SMILES string of the molecule is [N-]=[N+]=N[Si]. The Morgan fingerprint density at radius 1 is 2.00 bits per heavy atom. The second-order valence-electron chi connectivity index (χ2n) is 0.189. The zero-order valence-corrected chi connectivity index (χ0v) is 2.84. The summed E-state index contributed by atoms with van der Waals surface area (Å²) >= 11 is 0. The standard InChI is InChI=1S/N3Si/c1-2-3-4. The first-order valence-electron chi connectivity index (χ1n) is 0.624. The number of rotatable bonds is 0. The van der Waals surface area contributed by atoms with E-state index in [1.54, 1.807) is 0 Å². The van der Waals surface area contributed by atoms with Crippen molar-refractivity contribution < 1.29 is 0 Å². The Labute approximate surface area is 26.8 Å². The molecule has 4 heavy (non-hydrogen) atoms. The van der Waals surface area contributed by atoms with Crippen molar-refractivity contribution >= 4 is 10.4 Å². The van der Waals surface area contributed by atoms with Crippen molar-refractivity contribution in [3.8, 4) is 0 Å². The highest BCUT2D eigenvalue weighted by molar-refractivity contribution is 6.05. The van der Waals surface area contributed by atoms with Crippen LogP contribution in [0.3, 0.4) is 0 Å². The van der Waals surface area contributed by atoms with Crippen LogP contribution in [-0.4, -0.2) is 10.4 Å². The van der Waals surface area contributed by atoms with E-state index in [1.165, 1.54) is 0 Å². The molecule has 0 saturated heterocycles. The van der Waals surface area contributed by atoms with E-state index in [0.29, 0.717) is 0 Å². The fourth-order valence-corrected chi connectivity index (χ4v) is 0. The van der Waals surface area contributed by atoms with E-state index in [-0.39, 0.29) is 0 Å². The summed E-state index contributed by atoms with van der Waals surface area (Å²) in [6.45, 7) is 0. The van der Waals surface area contributed by atoms with Gasteiger partial charge in [0.05, 0.1) is 0 Å². The Bertz CT molecular complexity index is 41.2. The molecule has 0 saturated carbocycles. The molecule has 0 bridgehead atoms. The average Bonchev–Trinajstić information content (AvgIpc) is 1.37. The van der Waals surface area contributed by atoms with Crippen molar-refractivity contribution in [2.45, 2.75) is 0 Å². The Morgan fingerprint density at radius 3 is 2.25 bits per heavy atom. The van der Waals surface area contributed by atoms with Gasteiger partial charge in [-0.25, -0.2) is 0 Å². The van der Waals surface area contributed by atoms with Crippen LogP contribution in [0.1, 0.15) is 0 Å². The molecule has 0 fully saturated rings. The molecule has 3 nitrogen and oxygen atoms in total. The van der Waals surface area contributed by atoms with E-state index in [4.69, 9.17) is 5.53 Å². The molecule has 0 rings (SSSR count). The highest BCUT2D eigenvalue weighted by atomic mass is 28.2. The highest BCUT2D eigenvalue weighted by Crippen LogP contribution is 1.44. The lowest BCUT2D eigenvalue weighted by Crippen LogP contribution is -1.30. The molecule has 0 aliphatic carbocycles. The molecule has 0 heterocycles. The third-order valence-corrected chi connectivity index (χ3v) is 0.134. The van der Waals surface area contributed by atoms with Gasteiger partial charge in [-0.15, -0.1) is 4.78 Å². The lowest BCUT2D eigenvalue weighted by molar-refractivity contribution is 1.78. The lowest BCUT2D eigenvalue weighted by Gasteiger charge is -1.33. The monoisotopic (exact) mass is 70.0 g/mol. The van der Waals surface area contributed by atoms with Crippen LogP contribution in [0.2, 0.25) is 0 Å². The summed E-state index contributed by atoms with van der Waals surface area (Å²) in [5.41, 5.74) is 7.28. The molecule has 4 heteroatoms. The van der Waals surface area contributed by atoms with Crippen LogP contribution in [0, 0.1) is 0 Å². The van der Waals surface area contributed by atoms with E-state index in [2.05, 4.69) is 20.1 Å². The maximum atomic E-state index is 7.28. The Morgan fingerprint density at radius 2 is 2.25 bits per heavy atom. The van der Waals surface area contributed by atoms with Gasteiger partial charge in [0.1, 0.15) is 10.4 Å². The summed E-state index contributed by atoms with van der Waals surface area (Å²) < 4.78 is 2.72. The van der Waals surface area contributed by atoms with Crippen LogP contribution in [0.15, 0.2) is 4.78 Å². The molecule has 0 aliphatic rings. The fourth-order valence-electron chi connectivity index (χ4n) is 0. The first-order valence-corrected chi connectivity index (χ1v) is 1.07. The number of hydrogen-bond acceptors (Lipinski definition) is 1. The molecule has 3 radical (unpaired) electrons. The third-order valence-electron chi connectivity index (χ3n) is 0.0447. The highest BCUT2D eigenvalue weighted by Gasteiger charge is 1.29. The Kier molecular flexibility index (Phi) is 2.23. The van der Waals surface area contributed by atoms with Crippen LogP contribution >= 0.6 is 0 Å². The van der Waals surface area contributed by atoms with E-state index < -0.39 is 0 Å². The van der Waals surface area contributed by atoms with Gasteiger partial charge in [0, 0.05) is 0 Å². The normalized spacial score (nSPS) is 4.25. The van der Waals surface area contributed by atoms with Gasteiger partial charge in [-0.3, -0.25) is 0 Å². The quantitative estimate of drug-likeness (QED) is 0.171. The predicted molar refractivity (Wildman–Crippen MR) is 14.9 cm³/mol. The first kappa shape index (κ1) is 3.53. The van der Waals surface area contributed by atoms with Gasteiger partial charge in [-0.1, -0.05) is 0 Å². The smallest absolute Gasteiger partial charge is 0.133 e. The van der Waals surface area contributed by atoms with Crippen LogP contribution in [-0.2, 0) is 0 Å². The summed E-state index contributed by atoms with van der Waals surface area (Å²) in [7, 11) is 2.50. The van der Waals surface area contributed by atoms with E-state index in [9.17, 15) is 0 Å².